The van der Waals surface area contributed by atoms with E-state index < -0.39 is 4.92 Å². The highest BCUT2D eigenvalue weighted by atomic mass is 32.2. The third-order valence-electron chi connectivity index (χ3n) is 1.92. The second-order valence-corrected chi connectivity index (χ2v) is 5.68. The molecule has 2 aromatic rings. The van der Waals surface area contributed by atoms with Crippen molar-refractivity contribution in [2.75, 3.05) is 5.73 Å². The number of nitrogen functional groups attached to an aromatic ring is 1. The van der Waals surface area contributed by atoms with Crippen LogP contribution in [0.3, 0.4) is 0 Å². The molecule has 2 aromatic heterocycles. The van der Waals surface area contributed by atoms with Crippen molar-refractivity contribution in [1.82, 2.24) is 20.2 Å². The normalized spacial score (nSPS) is 10.6. The van der Waals surface area contributed by atoms with E-state index in [-0.39, 0.29) is 22.4 Å². The molecule has 8 nitrogen and oxygen atoms in total. The molecule has 0 radical (unpaired) electrons. The van der Waals surface area contributed by atoms with Gasteiger partial charge in [-0.05, 0) is 25.6 Å². The smallest absolute Gasteiger partial charge is 0.322 e. The summed E-state index contributed by atoms with van der Waals surface area (Å²) in [7, 11) is 0. The lowest BCUT2D eigenvalue weighted by molar-refractivity contribution is -0.389. The van der Waals surface area contributed by atoms with Crippen LogP contribution >= 0.6 is 23.1 Å². The quantitative estimate of drug-likeness (QED) is 0.512. The summed E-state index contributed by atoms with van der Waals surface area (Å²) in [5.41, 5.74) is 5.58. The maximum absolute atomic E-state index is 11.0. The molecule has 2 rings (SSSR count). The highest BCUT2D eigenvalue weighted by molar-refractivity contribution is 8.01. The fourth-order valence-corrected chi connectivity index (χ4v) is 3.13. The summed E-state index contributed by atoms with van der Waals surface area (Å²) >= 11 is 2.40. The van der Waals surface area contributed by atoms with E-state index in [1.54, 1.807) is 6.92 Å². The number of aromatic nitrogens is 4. The summed E-state index contributed by atoms with van der Waals surface area (Å²) in [5, 5.41) is 19.7. The van der Waals surface area contributed by atoms with Gasteiger partial charge in [-0.3, -0.25) is 10.1 Å². The van der Waals surface area contributed by atoms with Crippen molar-refractivity contribution in [3.8, 4) is 0 Å². The van der Waals surface area contributed by atoms with Gasteiger partial charge in [0.15, 0.2) is 9.37 Å². The molecule has 2 heterocycles. The highest BCUT2D eigenvalue weighted by Gasteiger charge is 2.23. The Kier molecular flexibility index (Phi) is 3.39. The van der Waals surface area contributed by atoms with Crippen LogP contribution in [0.25, 0.3) is 0 Å². The van der Waals surface area contributed by atoms with Crippen molar-refractivity contribution in [1.29, 1.82) is 0 Å². The lowest BCUT2D eigenvalue weighted by atomic mass is 10.4. The minimum absolute atomic E-state index is 0.00170. The van der Waals surface area contributed by atoms with Crippen LogP contribution < -0.4 is 5.73 Å². The molecule has 0 saturated heterocycles. The minimum atomic E-state index is -0.523. The van der Waals surface area contributed by atoms with Crippen molar-refractivity contribution >= 4 is 34.7 Å². The highest BCUT2D eigenvalue weighted by Crippen LogP contribution is 2.36. The molecular weight excluding hydrogens is 276 g/mol. The van der Waals surface area contributed by atoms with E-state index >= 15 is 0 Å². The van der Waals surface area contributed by atoms with E-state index in [1.807, 2.05) is 0 Å². The first-order valence-electron chi connectivity index (χ1n) is 4.74. The average molecular weight is 284 g/mol. The maximum Gasteiger partial charge on any atom is 0.322 e. The van der Waals surface area contributed by atoms with Gasteiger partial charge in [-0.1, -0.05) is 11.3 Å². The number of anilines is 1. The van der Waals surface area contributed by atoms with Crippen LogP contribution in [-0.2, 0) is 0 Å². The molecule has 0 saturated carbocycles. The Bertz CT molecular complexity index is 614. The third kappa shape index (κ3) is 2.54. The Hall–Kier alpha value is -1.81. The van der Waals surface area contributed by atoms with Gasteiger partial charge in [-0.25, -0.2) is 4.98 Å². The van der Waals surface area contributed by atoms with Crippen molar-refractivity contribution < 1.29 is 4.92 Å². The van der Waals surface area contributed by atoms with E-state index in [1.165, 1.54) is 18.3 Å². The van der Waals surface area contributed by atoms with E-state index in [0.29, 0.717) is 4.34 Å². The molecule has 0 unspecified atom stereocenters. The topological polar surface area (TPSA) is 121 Å². The van der Waals surface area contributed by atoms with E-state index in [0.717, 1.165) is 16.8 Å². The van der Waals surface area contributed by atoms with Gasteiger partial charge in [0.1, 0.15) is 10.7 Å². The number of nitrogens with two attached hydrogens (primary N) is 1. The van der Waals surface area contributed by atoms with E-state index in [9.17, 15) is 10.1 Å². The molecule has 94 valence electrons. The summed E-state index contributed by atoms with van der Waals surface area (Å²) in [6.45, 7) is 3.32. The predicted octanol–water partition coefficient (Wildman–Crippen LogP) is 1.59. The van der Waals surface area contributed by atoms with Crippen LogP contribution in [0.2, 0.25) is 0 Å². The van der Waals surface area contributed by atoms with E-state index in [2.05, 4.69) is 20.2 Å². The monoisotopic (exact) mass is 284 g/mol. The molecule has 2 N–H and O–H groups in total. The summed E-state index contributed by atoms with van der Waals surface area (Å²) in [6, 6.07) is 0. The van der Waals surface area contributed by atoms with Crippen molar-refractivity contribution in [2.45, 2.75) is 23.2 Å². The van der Waals surface area contributed by atoms with Gasteiger partial charge < -0.3 is 5.73 Å². The number of rotatable bonds is 3. The second kappa shape index (κ2) is 4.82. The Morgan fingerprint density at radius 2 is 2.06 bits per heavy atom. The minimum Gasteiger partial charge on any atom is -0.368 e. The Morgan fingerprint density at radius 3 is 2.61 bits per heavy atom. The lowest BCUT2D eigenvalue weighted by Crippen LogP contribution is -2.03. The zero-order chi connectivity index (χ0) is 13.3. The van der Waals surface area contributed by atoms with Crippen LogP contribution in [0.1, 0.15) is 10.7 Å². The largest absolute Gasteiger partial charge is 0.368 e. The summed E-state index contributed by atoms with van der Waals surface area (Å²) < 4.78 is 0.577. The van der Waals surface area contributed by atoms with Crippen LogP contribution in [0.4, 0.5) is 11.6 Å². The van der Waals surface area contributed by atoms with Gasteiger partial charge in [-0.15, -0.1) is 10.2 Å². The van der Waals surface area contributed by atoms with Crippen molar-refractivity contribution in [3.63, 3.8) is 0 Å². The van der Waals surface area contributed by atoms with Gasteiger partial charge in [0.2, 0.25) is 5.95 Å². The summed E-state index contributed by atoms with van der Waals surface area (Å²) in [6.07, 6.45) is 0. The van der Waals surface area contributed by atoms with Gasteiger partial charge in [-0.2, -0.15) is 4.98 Å². The van der Waals surface area contributed by atoms with Crippen LogP contribution in [0, 0.1) is 24.0 Å². The van der Waals surface area contributed by atoms with Crippen LogP contribution in [-0.4, -0.2) is 25.1 Å². The molecule has 0 aliphatic rings. The van der Waals surface area contributed by atoms with Gasteiger partial charge in [0.05, 0.1) is 4.92 Å². The molecule has 0 aliphatic carbocycles. The number of aryl methyl sites for hydroxylation is 2. The van der Waals surface area contributed by atoms with Crippen molar-refractivity contribution in [2.24, 2.45) is 0 Å². The summed E-state index contributed by atoms with van der Waals surface area (Å²) in [4.78, 5) is 18.1. The Labute approximate surface area is 110 Å². The molecule has 0 amide bonds. The zero-order valence-corrected chi connectivity index (χ0v) is 11.1. The standard InChI is InChI=1S/C8H8N6O2S2/c1-3-5(14(15)16)6(11-7(9)10-3)18-8-13-12-4(2)17-8/h1-2H3,(H2,9,10,11). The fourth-order valence-electron chi connectivity index (χ4n) is 1.25. The molecule has 0 aromatic carbocycles. The fraction of sp³-hybridized carbons (Fsp3) is 0.250. The van der Waals surface area contributed by atoms with Crippen molar-refractivity contribution in [3.05, 3.63) is 20.8 Å². The van der Waals surface area contributed by atoms with Crippen LogP contribution in [0.15, 0.2) is 9.37 Å². The number of nitrogens with zero attached hydrogens (tertiary/aromatic N) is 5. The lowest BCUT2D eigenvalue weighted by Gasteiger charge is -2.02. The SMILES string of the molecule is Cc1nnc(Sc2nc(N)nc(C)c2[N+](=O)[O-])s1. The average Bonchev–Trinajstić information content (AvgIpc) is 2.62. The molecule has 0 fully saturated rings. The van der Waals surface area contributed by atoms with Gasteiger partial charge in [0.25, 0.3) is 0 Å². The first kappa shape index (κ1) is 12.6. The molecule has 0 atom stereocenters. The number of nitro groups is 1. The van der Waals surface area contributed by atoms with Gasteiger partial charge in [0, 0.05) is 0 Å². The maximum atomic E-state index is 11.0. The van der Waals surface area contributed by atoms with E-state index in [4.69, 9.17) is 5.73 Å². The number of hydrogen-bond acceptors (Lipinski definition) is 9. The first-order valence-corrected chi connectivity index (χ1v) is 6.37. The molecule has 18 heavy (non-hydrogen) atoms. The Morgan fingerprint density at radius 1 is 1.33 bits per heavy atom. The molecule has 0 spiro atoms. The number of hydrogen-bond donors (Lipinski definition) is 1. The molecule has 0 bridgehead atoms. The predicted molar refractivity (Wildman–Crippen MR) is 66.6 cm³/mol. The first-order chi connectivity index (χ1) is 8.47. The molecule has 10 heteroatoms. The Balaban J connectivity index is 2.45. The third-order valence-corrected chi connectivity index (χ3v) is 3.79. The van der Waals surface area contributed by atoms with Gasteiger partial charge >= 0.3 is 5.69 Å². The second-order valence-electron chi connectivity index (χ2n) is 3.27. The molecule has 0 aliphatic heterocycles. The summed E-state index contributed by atoms with van der Waals surface area (Å²) in [5.74, 6) is 0.00170. The zero-order valence-electron chi connectivity index (χ0n) is 9.45. The molecular formula is C8H8N6O2S2. The van der Waals surface area contributed by atoms with Crippen LogP contribution in [0.5, 0.6) is 0 Å².